The van der Waals surface area contributed by atoms with Gasteiger partial charge in [0.05, 0.1) is 23.9 Å². The summed E-state index contributed by atoms with van der Waals surface area (Å²) in [5.41, 5.74) is 1.09. The van der Waals surface area contributed by atoms with Crippen molar-refractivity contribution in [3.63, 3.8) is 0 Å². The summed E-state index contributed by atoms with van der Waals surface area (Å²) in [6.45, 7) is 0. The van der Waals surface area contributed by atoms with Gasteiger partial charge < -0.3 is 14.8 Å². The summed E-state index contributed by atoms with van der Waals surface area (Å²) >= 11 is 6.09. The van der Waals surface area contributed by atoms with Gasteiger partial charge in [-0.15, -0.1) is 0 Å². The molecule has 5 heteroatoms. The van der Waals surface area contributed by atoms with Gasteiger partial charge in [0, 0.05) is 5.56 Å². The molecule has 0 heterocycles. The van der Waals surface area contributed by atoms with Crippen LogP contribution in [0.5, 0.6) is 11.5 Å². The van der Waals surface area contributed by atoms with E-state index in [0.29, 0.717) is 27.8 Å². The highest BCUT2D eigenvalue weighted by molar-refractivity contribution is 6.33. The number of rotatable bonds is 5. The zero-order chi connectivity index (χ0) is 16.9. The fourth-order valence-corrected chi connectivity index (χ4v) is 3.04. The lowest BCUT2D eigenvalue weighted by atomic mass is 10.1. The largest absolute Gasteiger partial charge is 0.493 e. The van der Waals surface area contributed by atoms with E-state index in [2.05, 4.69) is 5.32 Å². The second-order valence-electron chi connectivity index (χ2n) is 5.82. The third kappa shape index (κ3) is 3.82. The number of amides is 1. The van der Waals surface area contributed by atoms with Crippen molar-refractivity contribution in [1.82, 2.24) is 0 Å². The molecule has 0 bridgehead atoms. The highest BCUT2D eigenvalue weighted by atomic mass is 35.5. The number of benzene rings is 2. The Morgan fingerprint density at radius 3 is 2.58 bits per heavy atom. The van der Waals surface area contributed by atoms with Crippen LogP contribution >= 0.6 is 11.6 Å². The Hall–Kier alpha value is -2.20. The van der Waals surface area contributed by atoms with E-state index in [9.17, 15) is 4.79 Å². The summed E-state index contributed by atoms with van der Waals surface area (Å²) in [5, 5.41) is 3.32. The Labute approximate surface area is 146 Å². The van der Waals surface area contributed by atoms with Crippen molar-refractivity contribution in [1.29, 1.82) is 0 Å². The molecule has 1 amide bonds. The molecule has 4 nitrogen and oxygen atoms in total. The summed E-state index contributed by atoms with van der Waals surface area (Å²) in [5.74, 6) is 1.01. The molecule has 24 heavy (non-hydrogen) atoms. The van der Waals surface area contributed by atoms with E-state index in [4.69, 9.17) is 21.1 Å². The Morgan fingerprint density at radius 1 is 1.12 bits per heavy atom. The lowest BCUT2D eigenvalue weighted by Gasteiger charge is -2.17. The number of para-hydroxylation sites is 1. The zero-order valence-electron chi connectivity index (χ0n) is 13.5. The van der Waals surface area contributed by atoms with Crippen LogP contribution in [-0.2, 0) is 0 Å². The first-order chi connectivity index (χ1) is 11.7. The summed E-state index contributed by atoms with van der Waals surface area (Å²) in [6, 6.07) is 12.3. The maximum Gasteiger partial charge on any atom is 0.255 e. The van der Waals surface area contributed by atoms with Gasteiger partial charge >= 0.3 is 0 Å². The third-order valence-corrected chi connectivity index (χ3v) is 4.47. The second-order valence-corrected chi connectivity index (χ2v) is 6.23. The molecule has 2 aromatic carbocycles. The van der Waals surface area contributed by atoms with Crippen molar-refractivity contribution in [2.75, 3.05) is 12.4 Å². The average Bonchev–Trinajstić information content (AvgIpc) is 3.10. The molecule has 0 aromatic heterocycles. The zero-order valence-corrected chi connectivity index (χ0v) is 14.3. The third-order valence-electron chi connectivity index (χ3n) is 4.14. The first-order valence-corrected chi connectivity index (χ1v) is 8.46. The SMILES string of the molecule is COc1ccc(C(=O)Nc2ccccc2Cl)cc1OC1CCCC1. The Kier molecular flexibility index (Phi) is 5.26. The van der Waals surface area contributed by atoms with Crippen LogP contribution in [-0.4, -0.2) is 19.1 Å². The van der Waals surface area contributed by atoms with Gasteiger partial charge in [-0.05, 0) is 56.0 Å². The van der Waals surface area contributed by atoms with Crippen molar-refractivity contribution in [3.8, 4) is 11.5 Å². The molecule has 2 aromatic rings. The van der Waals surface area contributed by atoms with Gasteiger partial charge in [-0.2, -0.15) is 0 Å². The minimum absolute atomic E-state index is 0.195. The van der Waals surface area contributed by atoms with Crippen LogP contribution in [0.1, 0.15) is 36.0 Å². The molecular formula is C19H20ClNO3. The summed E-state index contributed by atoms with van der Waals surface area (Å²) < 4.78 is 11.4. The number of halogens is 1. The topological polar surface area (TPSA) is 47.6 Å². The predicted molar refractivity (Wildman–Crippen MR) is 95.3 cm³/mol. The number of hydrogen-bond acceptors (Lipinski definition) is 3. The number of anilines is 1. The van der Waals surface area contributed by atoms with Gasteiger partial charge in [0.15, 0.2) is 11.5 Å². The predicted octanol–water partition coefficient (Wildman–Crippen LogP) is 4.92. The van der Waals surface area contributed by atoms with Gasteiger partial charge in [0.1, 0.15) is 0 Å². The normalized spacial score (nSPS) is 14.4. The van der Waals surface area contributed by atoms with E-state index in [1.807, 2.05) is 12.1 Å². The van der Waals surface area contributed by atoms with Crippen LogP contribution in [0.2, 0.25) is 5.02 Å². The van der Waals surface area contributed by atoms with E-state index in [0.717, 1.165) is 12.8 Å². The van der Waals surface area contributed by atoms with Crippen LogP contribution in [0.3, 0.4) is 0 Å². The molecule has 1 saturated carbocycles. The van der Waals surface area contributed by atoms with E-state index in [1.165, 1.54) is 12.8 Å². The van der Waals surface area contributed by atoms with Crippen molar-refractivity contribution in [3.05, 3.63) is 53.1 Å². The first kappa shape index (κ1) is 16.7. The molecule has 1 N–H and O–H groups in total. The van der Waals surface area contributed by atoms with Gasteiger partial charge in [0.2, 0.25) is 0 Å². The molecule has 0 radical (unpaired) electrons. The Morgan fingerprint density at radius 2 is 1.88 bits per heavy atom. The van der Waals surface area contributed by atoms with Gasteiger partial charge in [0.25, 0.3) is 5.91 Å². The highest BCUT2D eigenvalue weighted by Crippen LogP contribution is 2.33. The van der Waals surface area contributed by atoms with Gasteiger partial charge in [-0.1, -0.05) is 23.7 Å². The molecule has 3 rings (SSSR count). The van der Waals surface area contributed by atoms with Gasteiger partial charge in [-0.3, -0.25) is 4.79 Å². The molecule has 0 aliphatic heterocycles. The lowest BCUT2D eigenvalue weighted by Crippen LogP contribution is -2.15. The lowest BCUT2D eigenvalue weighted by molar-refractivity contribution is 0.102. The molecule has 126 valence electrons. The summed E-state index contributed by atoms with van der Waals surface area (Å²) in [4.78, 5) is 12.5. The average molecular weight is 346 g/mol. The molecule has 0 atom stereocenters. The van der Waals surface area contributed by atoms with E-state index >= 15 is 0 Å². The maximum absolute atomic E-state index is 12.5. The molecule has 0 spiro atoms. The van der Waals surface area contributed by atoms with Gasteiger partial charge in [-0.25, -0.2) is 0 Å². The van der Waals surface area contributed by atoms with E-state index < -0.39 is 0 Å². The number of carbonyl (C=O) groups excluding carboxylic acids is 1. The maximum atomic E-state index is 12.5. The Balaban J connectivity index is 1.79. The fourth-order valence-electron chi connectivity index (χ4n) is 2.85. The quantitative estimate of drug-likeness (QED) is 0.836. The standard InChI is InChI=1S/C19H20ClNO3/c1-23-17-11-10-13(12-18(17)24-14-6-2-3-7-14)19(22)21-16-9-5-4-8-15(16)20/h4-5,8-12,14H,2-3,6-7H2,1H3,(H,21,22). The van der Waals surface area contributed by atoms with E-state index in [-0.39, 0.29) is 12.0 Å². The van der Waals surface area contributed by atoms with Crippen molar-refractivity contribution in [2.24, 2.45) is 0 Å². The van der Waals surface area contributed by atoms with Crippen LogP contribution in [0.15, 0.2) is 42.5 Å². The molecule has 1 fully saturated rings. The van der Waals surface area contributed by atoms with Crippen LogP contribution in [0.25, 0.3) is 0 Å². The summed E-state index contributed by atoms with van der Waals surface area (Å²) in [6.07, 6.45) is 4.64. The van der Waals surface area contributed by atoms with Crippen LogP contribution in [0.4, 0.5) is 5.69 Å². The first-order valence-electron chi connectivity index (χ1n) is 8.08. The van der Waals surface area contributed by atoms with Crippen molar-refractivity contribution in [2.45, 2.75) is 31.8 Å². The number of methoxy groups -OCH3 is 1. The molecule has 1 aliphatic carbocycles. The minimum atomic E-state index is -0.234. The monoisotopic (exact) mass is 345 g/mol. The number of ether oxygens (including phenoxy) is 2. The number of hydrogen-bond donors (Lipinski definition) is 1. The molecule has 0 unspecified atom stereocenters. The molecule has 1 aliphatic rings. The van der Waals surface area contributed by atoms with Crippen molar-refractivity contribution < 1.29 is 14.3 Å². The highest BCUT2D eigenvalue weighted by Gasteiger charge is 2.19. The second kappa shape index (κ2) is 7.58. The molecule has 0 saturated heterocycles. The number of nitrogens with one attached hydrogen (secondary N) is 1. The van der Waals surface area contributed by atoms with Crippen LogP contribution in [0, 0.1) is 0 Å². The smallest absolute Gasteiger partial charge is 0.255 e. The molecular weight excluding hydrogens is 326 g/mol. The van der Waals surface area contributed by atoms with Crippen LogP contribution < -0.4 is 14.8 Å². The Bertz CT molecular complexity index is 726. The van der Waals surface area contributed by atoms with Crippen molar-refractivity contribution >= 4 is 23.2 Å². The number of carbonyl (C=O) groups is 1. The fraction of sp³-hybridized carbons (Fsp3) is 0.316. The minimum Gasteiger partial charge on any atom is -0.493 e. The summed E-state index contributed by atoms with van der Waals surface area (Å²) in [7, 11) is 1.60. The van der Waals surface area contributed by atoms with E-state index in [1.54, 1.807) is 37.4 Å².